The number of nitrogens with two attached hydrogens (primary N) is 1. The molecule has 2 aromatic carbocycles. The van der Waals surface area contributed by atoms with E-state index >= 15 is 0 Å². The van der Waals surface area contributed by atoms with Crippen LogP contribution in [0.5, 0.6) is 5.75 Å². The van der Waals surface area contributed by atoms with E-state index in [-0.39, 0.29) is 0 Å². The molecule has 3 aromatic rings. The van der Waals surface area contributed by atoms with Gasteiger partial charge in [-0.25, -0.2) is 0 Å². The van der Waals surface area contributed by atoms with Gasteiger partial charge in [-0.1, -0.05) is 55.8 Å². The maximum atomic E-state index is 11.4. The molecule has 1 aliphatic heterocycles. The van der Waals surface area contributed by atoms with Crippen LogP contribution in [0.3, 0.4) is 0 Å². The van der Waals surface area contributed by atoms with Gasteiger partial charge in [0.25, 0.3) is 5.91 Å². The molecule has 0 bridgehead atoms. The summed E-state index contributed by atoms with van der Waals surface area (Å²) >= 11 is 6.27. The van der Waals surface area contributed by atoms with Crippen LogP contribution in [0.2, 0.25) is 5.02 Å². The van der Waals surface area contributed by atoms with Crippen LogP contribution in [0, 0.1) is 0 Å². The summed E-state index contributed by atoms with van der Waals surface area (Å²) in [5, 5.41) is 5.26. The van der Waals surface area contributed by atoms with Crippen LogP contribution >= 0.6 is 11.6 Å². The van der Waals surface area contributed by atoms with E-state index in [2.05, 4.69) is 22.1 Å². The van der Waals surface area contributed by atoms with Crippen LogP contribution in [0.15, 0.2) is 54.7 Å². The van der Waals surface area contributed by atoms with Crippen LogP contribution in [0.1, 0.15) is 80.8 Å². The van der Waals surface area contributed by atoms with Crippen molar-refractivity contribution in [1.29, 1.82) is 0 Å². The van der Waals surface area contributed by atoms with E-state index in [0.29, 0.717) is 17.7 Å². The van der Waals surface area contributed by atoms with Crippen molar-refractivity contribution in [2.24, 2.45) is 5.73 Å². The van der Waals surface area contributed by atoms with Crippen LogP contribution in [0.25, 0.3) is 11.3 Å². The van der Waals surface area contributed by atoms with Gasteiger partial charge in [0.15, 0.2) is 0 Å². The molecule has 40 heavy (non-hydrogen) atoms. The molecule has 0 unspecified atom stereocenters. The minimum absolute atomic E-state index is 0.304. The van der Waals surface area contributed by atoms with E-state index in [9.17, 15) is 9.59 Å². The largest absolute Gasteiger partial charge is 0.489 e. The van der Waals surface area contributed by atoms with E-state index in [1.807, 2.05) is 36.9 Å². The summed E-state index contributed by atoms with van der Waals surface area (Å²) in [4.78, 5) is 24.8. The number of aryl methyl sites for hydroxylation is 1. The summed E-state index contributed by atoms with van der Waals surface area (Å²) in [7, 11) is 0. The Hall–Kier alpha value is -3.16. The Labute approximate surface area is 242 Å². The number of carbonyl (C=O) groups excluding carboxylic acids is 2. The molecule has 8 heteroatoms. The first-order chi connectivity index (χ1) is 19.5. The van der Waals surface area contributed by atoms with Gasteiger partial charge in [-0.2, -0.15) is 5.10 Å². The summed E-state index contributed by atoms with van der Waals surface area (Å²) in [5.74, 6) is -0.756. The second kappa shape index (κ2) is 14.5. The average molecular weight is 565 g/mol. The molecule has 1 aromatic heterocycles. The number of carbonyl (C=O) groups is 2. The predicted octanol–water partition coefficient (Wildman–Crippen LogP) is 6.49. The lowest BCUT2D eigenvalue weighted by Crippen LogP contribution is -2.22. The molecule has 6 rings (SSSR count). The molecule has 2 N–H and O–H groups in total. The highest BCUT2D eigenvalue weighted by atomic mass is 35.5. The second-order valence-electron chi connectivity index (χ2n) is 10.4. The van der Waals surface area contributed by atoms with Gasteiger partial charge in [0.1, 0.15) is 5.75 Å². The third-order valence-electron chi connectivity index (χ3n) is 7.15. The van der Waals surface area contributed by atoms with Gasteiger partial charge in [0.2, 0.25) is 5.78 Å². The summed E-state index contributed by atoms with van der Waals surface area (Å²) in [6.07, 6.45) is 12.2. The molecule has 2 saturated carbocycles. The molecule has 3 aliphatic rings. The number of halogens is 1. The zero-order valence-electron chi connectivity index (χ0n) is 23.7. The molecule has 0 atom stereocenters. The highest BCUT2D eigenvalue weighted by molar-refractivity contribution is 6.42. The number of aromatic nitrogens is 2. The highest BCUT2D eigenvalue weighted by Gasteiger charge is 2.25. The fraction of sp³-hybridized carbons (Fsp3) is 0.469. The molecule has 1 saturated heterocycles. The topological polar surface area (TPSA) is 90.5 Å². The van der Waals surface area contributed by atoms with Gasteiger partial charge in [0, 0.05) is 17.3 Å². The Kier molecular flexibility index (Phi) is 10.8. The van der Waals surface area contributed by atoms with Gasteiger partial charge >= 0.3 is 0 Å². The first kappa shape index (κ1) is 29.8. The zero-order valence-corrected chi connectivity index (χ0v) is 24.4. The molecule has 1 amide bonds. The lowest BCUT2D eigenvalue weighted by atomic mass is 10.1. The van der Waals surface area contributed by atoms with E-state index in [1.54, 1.807) is 24.3 Å². The average Bonchev–Trinajstić information content (AvgIpc) is 3.89. The molecular weight excluding hydrogens is 524 g/mol. The van der Waals surface area contributed by atoms with Crippen molar-refractivity contribution < 1.29 is 14.3 Å². The van der Waals surface area contributed by atoms with Crippen molar-refractivity contribution in [1.82, 2.24) is 14.7 Å². The molecule has 0 spiro atoms. The van der Waals surface area contributed by atoms with Gasteiger partial charge in [-0.15, -0.1) is 0 Å². The normalized spacial score (nSPS) is 16.4. The standard InChI is InChI=1S/C16H22ClNO.C14H13N3O2.C2H6/c17-15-12-13(4-3-11-18-9-1-2-10-18)5-8-16(15)19-14-6-7-14;15-14(19)13(18)10-3-1-9(2-4-10)12-7-8-17(16-12)11-5-6-11;1-2/h5,8,12,14H,1-4,6-7,9-11H2;1-4,7-8,11H,5-6H2,(H2,15,19);1-2H3. The molecule has 3 fully saturated rings. The molecule has 7 nitrogen and oxygen atoms in total. The number of primary amides is 1. The van der Waals surface area contributed by atoms with E-state index in [4.69, 9.17) is 22.1 Å². The van der Waals surface area contributed by atoms with Crippen LogP contribution in [-0.4, -0.2) is 52.1 Å². The maximum Gasteiger partial charge on any atom is 0.289 e. The van der Waals surface area contributed by atoms with Crippen LogP contribution in [-0.2, 0) is 11.2 Å². The fourth-order valence-corrected chi connectivity index (χ4v) is 4.89. The first-order valence-corrected chi connectivity index (χ1v) is 15.0. The van der Waals surface area contributed by atoms with Crippen molar-refractivity contribution >= 4 is 23.3 Å². The van der Waals surface area contributed by atoms with Crippen LogP contribution in [0.4, 0.5) is 0 Å². The number of ether oxygens (including phenoxy) is 1. The third-order valence-corrected chi connectivity index (χ3v) is 7.44. The van der Waals surface area contributed by atoms with Crippen molar-refractivity contribution in [3.05, 3.63) is 70.9 Å². The lowest BCUT2D eigenvalue weighted by molar-refractivity contribution is -0.114. The fourth-order valence-electron chi connectivity index (χ4n) is 4.64. The zero-order chi connectivity index (χ0) is 28.5. The van der Waals surface area contributed by atoms with Crippen LogP contribution < -0.4 is 10.5 Å². The number of likely N-dealkylation sites (tertiary alicyclic amines) is 1. The van der Waals surface area contributed by atoms with E-state index < -0.39 is 11.7 Å². The SMILES string of the molecule is CC.Clc1cc(CCCN2CCCC2)ccc1OC1CC1.NC(=O)C(=O)c1ccc(-c2ccn(C3CC3)n2)cc1. The quantitative estimate of drug-likeness (QED) is 0.224. The van der Waals surface area contributed by atoms with Gasteiger partial charge in [-0.05, 0) is 94.8 Å². The Morgan fingerprint density at radius 2 is 1.70 bits per heavy atom. The monoisotopic (exact) mass is 564 g/mol. The second-order valence-corrected chi connectivity index (χ2v) is 10.8. The number of nitrogens with zero attached hydrogens (tertiary/aromatic N) is 3. The molecular formula is C32H41ClN4O3. The summed E-state index contributed by atoms with van der Waals surface area (Å²) in [6.45, 7) is 7.79. The summed E-state index contributed by atoms with van der Waals surface area (Å²) in [5.41, 5.74) is 8.37. The molecule has 2 heterocycles. The van der Waals surface area contributed by atoms with Gasteiger partial charge in [0.05, 0.1) is 22.9 Å². The Morgan fingerprint density at radius 1 is 1.00 bits per heavy atom. The number of hydrogen-bond acceptors (Lipinski definition) is 5. The molecule has 0 radical (unpaired) electrons. The predicted molar refractivity (Wildman–Crippen MR) is 160 cm³/mol. The number of rotatable bonds is 10. The van der Waals surface area contributed by atoms with E-state index in [0.717, 1.165) is 28.5 Å². The number of benzene rings is 2. The number of Topliss-reactive ketones (excluding diaryl/α,β-unsaturated/α-hetero) is 1. The molecule has 214 valence electrons. The molecule has 2 aliphatic carbocycles. The van der Waals surface area contributed by atoms with E-state index in [1.165, 1.54) is 70.1 Å². The van der Waals surface area contributed by atoms with Crippen molar-refractivity contribution in [2.45, 2.75) is 77.4 Å². The Balaban J connectivity index is 0.000000174. The van der Waals surface area contributed by atoms with Gasteiger partial charge < -0.3 is 15.4 Å². The lowest BCUT2D eigenvalue weighted by Gasteiger charge is -2.14. The number of ketones is 1. The Bertz CT molecular complexity index is 1260. The first-order valence-electron chi connectivity index (χ1n) is 14.6. The van der Waals surface area contributed by atoms with Crippen molar-refractivity contribution in [2.75, 3.05) is 19.6 Å². The minimum Gasteiger partial charge on any atom is -0.489 e. The summed E-state index contributed by atoms with van der Waals surface area (Å²) < 4.78 is 7.73. The highest BCUT2D eigenvalue weighted by Crippen LogP contribution is 2.35. The Morgan fingerprint density at radius 3 is 2.30 bits per heavy atom. The maximum absolute atomic E-state index is 11.4. The summed E-state index contributed by atoms with van der Waals surface area (Å²) in [6, 6.07) is 15.5. The smallest absolute Gasteiger partial charge is 0.289 e. The number of amides is 1. The van der Waals surface area contributed by atoms with Gasteiger partial charge in [-0.3, -0.25) is 14.3 Å². The minimum atomic E-state index is -0.939. The number of hydrogen-bond donors (Lipinski definition) is 1. The van der Waals surface area contributed by atoms with Crippen molar-refractivity contribution in [3.8, 4) is 17.0 Å². The third kappa shape index (κ3) is 8.67. The van der Waals surface area contributed by atoms with Crippen molar-refractivity contribution in [3.63, 3.8) is 0 Å².